The van der Waals surface area contributed by atoms with Crippen LogP contribution >= 0.6 is 0 Å². The van der Waals surface area contributed by atoms with Gasteiger partial charge in [-0.15, -0.1) is 0 Å². The number of hydrogen-bond donors (Lipinski definition) is 0. The number of benzene rings is 3. The number of nitriles is 1. The second-order valence-corrected chi connectivity index (χ2v) is 9.08. The lowest BCUT2D eigenvalue weighted by Crippen LogP contribution is -2.12. The molecule has 3 aromatic rings. The molecule has 36 heavy (non-hydrogen) atoms. The van der Waals surface area contributed by atoms with Gasteiger partial charge < -0.3 is 14.2 Å². The molecule has 7 heteroatoms. The quantitative estimate of drug-likeness (QED) is 0.103. The van der Waals surface area contributed by atoms with Crippen molar-refractivity contribution in [1.82, 2.24) is 0 Å². The van der Waals surface area contributed by atoms with Gasteiger partial charge in [0.15, 0.2) is 11.5 Å². The summed E-state index contributed by atoms with van der Waals surface area (Å²) in [5.74, 6) is 1.92. The fourth-order valence-corrected chi connectivity index (χ4v) is 3.47. The summed E-state index contributed by atoms with van der Waals surface area (Å²) >= 11 is 0. The first kappa shape index (κ1) is 26.3. The lowest BCUT2D eigenvalue weighted by Gasteiger charge is -2.19. The van der Waals surface area contributed by atoms with Gasteiger partial charge in [0.05, 0.1) is 23.2 Å². The van der Waals surface area contributed by atoms with Crippen molar-refractivity contribution in [1.29, 1.82) is 5.26 Å². The van der Waals surface area contributed by atoms with Crippen molar-refractivity contribution >= 4 is 17.3 Å². The first-order valence-corrected chi connectivity index (χ1v) is 11.7. The predicted octanol–water partition coefficient (Wildman–Crippen LogP) is 6.81. The topological polar surface area (TPSA) is 94.6 Å². The monoisotopic (exact) mass is 486 g/mol. The molecule has 0 amide bonds. The molecule has 0 N–H and O–H groups in total. The number of non-ortho nitro benzene ring substituents is 1. The molecule has 0 fully saturated rings. The second kappa shape index (κ2) is 11.9. The van der Waals surface area contributed by atoms with Gasteiger partial charge in [0.2, 0.25) is 0 Å². The van der Waals surface area contributed by atoms with Gasteiger partial charge in [-0.05, 0) is 71.5 Å². The van der Waals surface area contributed by atoms with Crippen LogP contribution in [0.5, 0.6) is 17.2 Å². The minimum absolute atomic E-state index is 0.0259. The predicted molar refractivity (Wildman–Crippen MR) is 140 cm³/mol. The van der Waals surface area contributed by atoms with Crippen LogP contribution in [0.1, 0.15) is 44.4 Å². The zero-order valence-corrected chi connectivity index (χ0v) is 21.0. The summed E-state index contributed by atoms with van der Waals surface area (Å²) < 4.78 is 17.4. The van der Waals surface area contributed by atoms with Crippen LogP contribution in [0, 0.1) is 21.4 Å². The Hall–Kier alpha value is -4.31. The summed E-state index contributed by atoms with van der Waals surface area (Å²) in [5, 5.41) is 20.5. The summed E-state index contributed by atoms with van der Waals surface area (Å²) in [6, 6.07) is 21.5. The largest absolute Gasteiger partial charge is 0.490 e. The smallest absolute Gasteiger partial charge is 0.269 e. The van der Waals surface area contributed by atoms with Crippen LogP contribution in [0.4, 0.5) is 5.69 Å². The molecule has 0 radical (unpaired) electrons. The third kappa shape index (κ3) is 7.09. The minimum Gasteiger partial charge on any atom is -0.490 e. The Morgan fingerprint density at radius 1 is 0.944 bits per heavy atom. The van der Waals surface area contributed by atoms with Crippen molar-refractivity contribution in [2.75, 3.05) is 19.8 Å². The molecule has 7 nitrogen and oxygen atoms in total. The van der Waals surface area contributed by atoms with E-state index in [0.29, 0.717) is 42.5 Å². The van der Waals surface area contributed by atoms with Crippen molar-refractivity contribution in [3.63, 3.8) is 0 Å². The summed E-state index contributed by atoms with van der Waals surface area (Å²) in [5.41, 5.74) is 3.03. The average Bonchev–Trinajstić information content (AvgIpc) is 2.86. The van der Waals surface area contributed by atoms with Crippen molar-refractivity contribution in [2.45, 2.75) is 33.1 Å². The Morgan fingerprint density at radius 2 is 1.61 bits per heavy atom. The number of hydrogen-bond acceptors (Lipinski definition) is 6. The van der Waals surface area contributed by atoms with E-state index in [1.807, 2.05) is 25.1 Å². The van der Waals surface area contributed by atoms with Gasteiger partial charge in [-0.1, -0.05) is 39.0 Å². The van der Waals surface area contributed by atoms with E-state index in [1.54, 1.807) is 30.3 Å². The van der Waals surface area contributed by atoms with Crippen LogP contribution in [0.2, 0.25) is 0 Å². The van der Waals surface area contributed by atoms with Crippen LogP contribution < -0.4 is 14.2 Å². The molecule has 0 heterocycles. The number of ether oxygens (including phenoxy) is 3. The molecule has 3 rings (SSSR count). The molecule has 0 aliphatic rings. The SMILES string of the molecule is CCOc1cc(/C=C(\C#N)c2ccc([N+](=O)[O-])cc2)ccc1OCCOc1ccc(C(C)(C)C)cc1. The summed E-state index contributed by atoms with van der Waals surface area (Å²) in [6.07, 6.45) is 1.71. The first-order chi connectivity index (χ1) is 17.2. The van der Waals surface area contributed by atoms with Crippen LogP contribution in [0.25, 0.3) is 11.6 Å². The normalized spacial score (nSPS) is 11.5. The number of rotatable bonds is 10. The third-order valence-corrected chi connectivity index (χ3v) is 5.42. The molecule has 0 aliphatic carbocycles. The molecule has 186 valence electrons. The number of nitro benzene ring substituents is 1. The highest BCUT2D eigenvalue weighted by Gasteiger charge is 2.13. The van der Waals surface area contributed by atoms with Crippen molar-refractivity contribution in [2.24, 2.45) is 0 Å². The molecule has 0 bridgehead atoms. The molecule has 0 aromatic heterocycles. The first-order valence-electron chi connectivity index (χ1n) is 11.7. The molecule has 3 aromatic carbocycles. The molecule has 0 unspecified atom stereocenters. The zero-order chi connectivity index (χ0) is 26.1. The van der Waals surface area contributed by atoms with Gasteiger partial charge in [0, 0.05) is 12.1 Å². The van der Waals surface area contributed by atoms with E-state index in [1.165, 1.54) is 17.7 Å². The number of nitrogens with zero attached hydrogens (tertiary/aromatic N) is 2. The summed E-state index contributed by atoms with van der Waals surface area (Å²) in [6.45, 7) is 9.56. The summed E-state index contributed by atoms with van der Waals surface area (Å²) in [7, 11) is 0. The molecular weight excluding hydrogens is 456 g/mol. The van der Waals surface area contributed by atoms with E-state index in [4.69, 9.17) is 14.2 Å². The van der Waals surface area contributed by atoms with Gasteiger partial charge >= 0.3 is 0 Å². The minimum atomic E-state index is -0.472. The van der Waals surface area contributed by atoms with Crippen LogP contribution in [-0.2, 0) is 5.41 Å². The lowest BCUT2D eigenvalue weighted by molar-refractivity contribution is -0.384. The lowest BCUT2D eigenvalue weighted by atomic mass is 9.87. The standard InChI is InChI=1S/C29H30N2O5/c1-5-34-28-19-21(18-23(20-30)22-7-11-25(12-8-22)31(32)33)6-15-27(28)36-17-16-35-26-13-9-24(10-14-26)29(2,3)4/h6-15,18-19H,5,16-17H2,1-4H3/b23-18+. The van der Waals surface area contributed by atoms with E-state index >= 15 is 0 Å². The summed E-state index contributed by atoms with van der Waals surface area (Å²) in [4.78, 5) is 10.4. The maximum absolute atomic E-state index is 10.9. The molecule has 0 saturated heterocycles. The molecule has 0 saturated carbocycles. The van der Waals surface area contributed by atoms with E-state index in [9.17, 15) is 15.4 Å². The van der Waals surface area contributed by atoms with Crippen molar-refractivity contribution in [3.8, 4) is 23.3 Å². The Balaban J connectivity index is 1.66. The number of allylic oxidation sites excluding steroid dienone is 1. The van der Waals surface area contributed by atoms with E-state index in [2.05, 4.69) is 39.0 Å². The van der Waals surface area contributed by atoms with Crippen molar-refractivity contribution < 1.29 is 19.1 Å². The van der Waals surface area contributed by atoms with E-state index < -0.39 is 4.92 Å². The molecular formula is C29H30N2O5. The van der Waals surface area contributed by atoms with Gasteiger partial charge in [0.1, 0.15) is 19.0 Å². The van der Waals surface area contributed by atoms with Gasteiger partial charge in [-0.3, -0.25) is 10.1 Å². The fourth-order valence-electron chi connectivity index (χ4n) is 3.47. The van der Waals surface area contributed by atoms with Gasteiger partial charge in [-0.25, -0.2) is 0 Å². The van der Waals surface area contributed by atoms with E-state index in [0.717, 1.165) is 11.3 Å². The highest BCUT2D eigenvalue weighted by Crippen LogP contribution is 2.31. The Bertz CT molecular complexity index is 1250. The average molecular weight is 487 g/mol. The highest BCUT2D eigenvalue weighted by molar-refractivity contribution is 5.90. The highest BCUT2D eigenvalue weighted by atomic mass is 16.6. The van der Waals surface area contributed by atoms with Crippen LogP contribution in [-0.4, -0.2) is 24.7 Å². The Kier molecular flexibility index (Phi) is 8.69. The molecule has 0 atom stereocenters. The zero-order valence-electron chi connectivity index (χ0n) is 21.0. The van der Waals surface area contributed by atoms with Crippen LogP contribution in [0.15, 0.2) is 66.7 Å². The maximum atomic E-state index is 10.9. The molecule has 0 spiro atoms. The van der Waals surface area contributed by atoms with E-state index in [-0.39, 0.29) is 11.1 Å². The Labute approximate surface area is 211 Å². The molecule has 0 aliphatic heterocycles. The maximum Gasteiger partial charge on any atom is 0.269 e. The van der Waals surface area contributed by atoms with Gasteiger partial charge in [-0.2, -0.15) is 5.26 Å². The number of nitro groups is 1. The third-order valence-electron chi connectivity index (χ3n) is 5.42. The second-order valence-electron chi connectivity index (χ2n) is 9.08. The van der Waals surface area contributed by atoms with Crippen molar-refractivity contribution in [3.05, 3.63) is 93.5 Å². The fraction of sp³-hybridized carbons (Fsp3) is 0.276. The van der Waals surface area contributed by atoms with Gasteiger partial charge in [0.25, 0.3) is 5.69 Å². The Morgan fingerprint density at radius 3 is 2.19 bits per heavy atom. The van der Waals surface area contributed by atoms with Crippen LogP contribution in [0.3, 0.4) is 0 Å².